The molecule has 0 atom stereocenters. The van der Waals surface area contributed by atoms with E-state index in [4.69, 9.17) is 0 Å². The predicted octanol–water partition coefficient (Wildman–Crippen LogP) is 4.92. The van der Waals surface area contributed by atoms with Crippen LogP contribution in [0.25, 0.3) is 21.8 Å². The van der Waals surface area contributed by atoms with E-state index < -0.39 is 0 Å². The minimum Gasteiger partial charge on any atom is -0.361 e. The summed E-state index contributed by atoms with van der Waals surface area (Å²) in [4.78, 5) is 18.2. The summed E-state index contributed by atoms with van der Waals surface area (Å²) in [5, 5.41) is 2.56. The van der Waals surface area contributed by atoms with Crippen molar-refractivity contribution < 1.29 is 4.79 Å². The summed E-state index contributed by atoms with van der Waals surface area (Å²) in [5.41, 5.74) is 3.81. The number of nitrogens with zero attached hydrogens (tertiary/aromatic N) is 2. The Morgan fingerprint density at radius 2 is 1.79 bits per heavy atom. The third kappa shape index (κ3) is 3.09. The van der Waals surface area contributed by atoms with E-state index in [1.165, 1.54) is 27.4 Å². The fraction of sp³-hybridized carbons (Fsp3) is 0.292. The molecule has 1 aliphatic rings. The number of likely N-dealkylation sites (tertiary alicyclic amines) is 1. The Morgan fingerprint density at radius 1 is 1.00 bits per heavy atom. The van der Waals surface area contributed by atoms with Gasteiger partial charge in [0.2, 0.25) is 5.91 Å². The molecule has 1 saturated heterocycles. The number of hydrogen-bond acceptors (Lipinski definition) is 1. The lowest BCUT2D eigenvalue weighted by molar-refractivity contribution is -0.132. The van der Waals surface area contributed by atoms with Gasteiger partial charge in [-0.15, -0.1) is 0 Å². The number of carbonyl (C=O) groups excluding carboxylic acids is 1. The first-order valence-electron chi connectivity index (χ1n) is 10.2. The SMILES string of the molecule is O=C(CCn1ccc2ccccc21)N1CCC(c2c[nH]c3ccccc23)CC1. The third-order valence-corrected chi connectivity index (χ3v) is 6.16. The first-order chi connectivity index (χ1) is 13.8. The van der Waals surface area contributed by atoms with Crippen LogP contribution >= 0.6 is 0 Å². The van der Waals surface area contributed by atoms with Crippen LogP contribution in [-0.4, -0.2) is 33.4 Å². The van der Waals surface area contributed by atoms with Crippen molar-refractivity contribution in [3.8, 4) is 0 Å². The molecule has 1 amide bonds. The van der Waals surface area contributed by atoms with E-state index in [1.807, 2.05) is 0 Å². The lowest BCUT2D eigenvalue weighted by Gasteiger charge is -2.32. The van der Waals surface area contributed by atoms with Gasteiger partial charge in [0.05, 0.1) is 0 Å². The van der Waals surface area contributed by atoms with Crippen LogP contribution in [-0.2, 0) is 11.3 Å². The zero-order valence-electron chi connectivity index (χ0n) is 16.0. The molecule has 3 heterocycles. The largest absolute Gasteiger partial charge is 0.361 e. The number of hydrogen-bond donors (Lipinski definition) is 1. The van der Waals surface area contributed by atoms with E-state index >= 15 is 0 Å². The van der Waals surface area contributed by atoms with Crippen LogP contribution in [0, 0.1) is 0 Å². The summed E-state index contributed by atoms with van der Waals surface area (Å²) in [6, 6.07) is 18.9. The number of fused-ring (bicyclic) bond motifs is 2. The van der Waals surface area contributed by atoms with Gasteiger partial charge in [0.15, 0.2) is 0 Å². The average Bonchev–Trinajstić information content (AvgIpc) is 3.36. The van der Waals surface area contributed by atoms with Crippen molar-refractivity contribution >= 4 is 27.7 Å². The molecule has 4 nitrogen and oxygen atoms in total. The fourth-order valence-electron chi connectivity index (χ4n) is 4.58. The van der Waals surface area contributed by atoms with E-state index in [-0.39, 0.29) is 5.91 Å². The first kappa shape index (κ1) is 17.1. The minimum atomic E-state index is 0.273. The first-order valence-corrected chi connectivity index (χ1v) is 10.2. The van der Waals surface area contributed by atoms with Crippen LogP contribution in [0.4, 0.5) is 0 Å². The predicted molar refractivity (Wildman–Crippen MR) is 113 cm³/mol. The highest BCUT2D eigenvalue weighted by molar-refractivity contribution is 5.84. The van der Waals surface area contributed by atoms with Crippen LogP contribution in [0.3, 0.4) is 0 Å². The van der Waals surface area contributed by atoms with E-state index in [0.717, 1.165) is 32.5 Å². The molecule has 2 aromatic heterocycles. The van der Waals surface area contributed by atoms with Gasteiger partial charge < -0.3 is 14.5 Å². The number of aryl methyl sites for hydroxylation is 1. The molecule has 0 unspecified atom stereocenters. The van der Waals surface area contributed by atoms with Gasteiger partial charge in [0.25, 0.3) is 0 Å². The highest BCUT2D eigenvalue weighted by atomic mass is 16.2. The number of piperidine rings is 1. The van der Waals surface area contributed by atoms with E-state index in [0.29, 0.717) is 12.3 Å². The molecule has 2 aromatic carbocycles. The highest BCUT2D eigenvalue weighted by Crippen LogP contribution is 2.33. The molecule has 1 aliphatic heterocycles. The molecule has 0 bridgehead atoms. The fourth-order valence-corrected chi connectivity index (χ4v) is 4.58. The molecule has 4 heteroatoms. The quantitative estimate of drug-likeness (QED) is 0.543. The standard InChI is InChI=1S/C24H25N3O/c28-24(12-16-26-13-11-19-5-1-4-8-23(19)26)27-14-9-18(10-15-27)21-17-25-22-7-3-2-6-20(21)22/h1-8,11,13,17-18,25H,9-10,12,14-16H2. The second-order valence-corrected chi connectivity index (χ2v) is 7.76. The molecule has 0 spiro atoms. The topological polar surface area (TPSA) is 41.0 Å². The lowest BCUT2D eigenvalue weighted by Crippen LogP contribution is -2.38. The number of benzene rings is 2. The van der Waals surface area contributed by atoms with Crippen molar-refractivity contribution in [3.05, 3.63) is 72.6 Å². The number of aromatic nitrogens is 2. The highest BCUT2D eigenvalue weighted by Gasteiger charge is 2.25. The molecule has 4 aromatic rings. The smallest absolute Gasteiger partial charge is 0.224 e. The van der Waals surface area contributed by atoms with E-state index in [2.05, 4.69) is 81.4 Å². The number of H-pyrrole nitrogens is 1. The van der Waals surface area contributed by atoms with Gasteiger partial charge >= 0.3 is 0 Å². The molecule has 0 saturated carbocycles. The Balaban J connectivity index is 1.20. The van der Waals surface area contributed by atoms with Crippen LogP contribution in [0.1, 0.15) is 30.7 Å². The number of amides is 1. The summed E-state index contributed by atoms with van der Waals surface area (Å²) in [6.45, 7) is 2.46. The molecule has 0 radical (unpaired) electrons. The molecular weight excluding hydrogens is 346 g/mol. The molecule has 5 rings (SSSR count). The third-order valence-electron chi connectivity index (χ3n) is 6.16. The average molecular weight is 371 g/mol. The van der Waals surface area contributed by atoms with Gasteiger partial charge in [-0.3, -0.25) is 4.79 Å². The second kappa shape index (κ2) is 7.19. The van der Waals surface area contributed by atoms with Crippen molar-refractivity contribution in [2.75, 3.05) is 13.1 Å². The Hall–Kier alpha value is -3.01. The van der Waals surface area contributed by atoms with Crippen LogP contribution in [0.5, 0.6) is 0 Å². The normalized spacial score (nSPS) is 15.5. The number of carbonyl (C=O) groups is 1. The van der Waals surface area contributed by atoms with Crippen molar-refractivity contribution in [3.63, 3.8) is 0 Å². The summed E-state index contributed by atoms with van der Waals surface area (Å²) < 4.78 is 2.19. The zero-order chi connectivity index (χ0) is 18.9. The summed E-state index contributed by atoms with van der Waals surface area (Å²) >= 11 is 0. The maximum Gasteiger partial charge on any atom is 0.224 e. The maximum atomic E-state index is 12.7. The van der Waals surface area contributed by atoms with Crippen molar-refractivity contribution in [1.29, 1.82) is 0 Å². The Kier molecular flexibility index (Phi) is 4.40. The maximum absolute atomic E-state index is 12.7. The van der Waals surface area contributed by atoms with E-state index in [9.17, 15) is 4.79 Å². The van der Waals surface area contributed by atoms with E-state index in [1.54, 1.807) is 0 Å². The van der Waals surface area contributed by atoms with Gasteiger partial charge in [-0.05, 0) is 47.9 Å². The van der Waals surface area contributed by atoms with Crippen LogP contribution in [0.15, 0.2) is 67.0 Å². The Labute approximate surface area is 164 Å². The second-order valence-electron chi connectivity index (χ2n) is 7.76. The summed E-state index contributed by atoms with van der Waals surface area (Å²) in [7, 11) is 0. The van der Waals surface area contributed by atoms with Gasteiger partial charge in [-0.1, -0.05) is 36.4 Å². The van der Waals surface area contributed by atoms with Gasteiger partial charge in [-0.2, -0.15) is 0 Å². The van der Waals surface area contributed by atoms with Crippen molar-refractivity contribution in [2.24, 2.45) is 0 Å². The number of rotatable bonds is 4. The van der Waals surface area contributed by atoms with Crippen molar-refractivity contribution in [2.45, 2.75) is 31.7 Å². The summed E-state index contributed by atoms with van der Waals surface area (Å²) in [5.74, 6) is 0.809. The van der Waals surface area contributed by atoms with Gasteiger partial charge in [0, 0.05) is 54.9 Å². The molecule has 142 valence electrons. The van der Waals surface area contributed by atoms with Crippen LogP contribution < -0.4 is 0 Å². The molecule has 28 heavy (non-hydrogen) atoms. The molecular formula is C24H25N3O. The molecule has 1 N–H and O–H groups in total. The van der Waals surface area contributed by atoms with Crippen molar-refractivity contribution in [1.82, 2.24) is 14.5 Å². The minimum absolute atomic E-state index is 0.273. The lowest BCUT2D eigenvalue weighted by atomic mass is 9.89. The van der Waals surface area contributed by atoms with Crippen LogP contribution in [0.2, 0.25) is 0 Å². The molecule has 0 aliphatic carbocycles. The monoisotopic (exact) mass is 371 g/mol. The Bertz CT molecular complexity index is 1120. The number of aromatic amines is 1. The Morgan fingerprint density at radius 3 is 2.68 bits per heavy atom. The number of para-hydroxylation sites is 2. The zero-order valence-corrected chi connectivity index (χ0v) is 16.0. The summed E-state index contributed by atoms with van der Waals surface area (Å²) in [6.07, 6.45) is 6.89. The van der Waals surface area contributed by atoms with Gasteiger partial charge in [0.1, 0.15) is 0 Å². The number of nitrogens with one attached hydrogen (secondary N) is 1. The van der Waals surface area contributed by atoms with Gasteiger partial charge in [-0.25, -0.2) is 0 Å². The molecule has 1 fully saturated rings.